The summed E-state index contributed by atoms with van der Waals surface area (Å²) in [6.07, 6.45) is 2.64. The molecule has 0 bridgehead atoms. The molecule has 0 radical (unpaired) electrons. The van der Waals surface area contributed by atoms with Crippen LogP contribution in [0.25, 0.3) is 0 Å². The van der Waals surface area contributed by atoms with Crippen LogP contribution >= 0.6 is 11.8 Å². The number of carbonyl (C=O) groups is 1. The van der Waals surface area contributed by atoms with E-state index in [4.69, 9.17) is 9.94 Å². The molecule has 0 amide bonds. The predicted molar refractivity (Wildman–Crippen MR) is 90.3 cm³/mol. The highest BCUT2D eigenvalue weighted by atomic mass is 32.2. The largest absolute Gasteiger partial charge is 0.481 e. The minimum atomic E-state index is -0.727. The highest BCUT2D eigenvalue weighted by Gasteiger charge is 2.29. The average molecular weight is 321 g/mol. The summed E-state index contributed by atoms with van der Waals surface area (Å²) in [4.78, 5) is 16.1. The Kier molecular flexibility index (Phi) is 5.89. The molecule has 1 aromatic carbocycles. The van der Waals surface area contributed by atoms with E-state index in [0.29, 0.717) is 12.3 Å². The number of oxime groups is 1. The molecule has 2 rings (SSSR count). The van der Waals surface area contributed by atoms with Crippen LogP contribution in [0.2, 0.25) is 0 Å². The highest BCUT2D eigenvalue weighted by molar-refractivity contribution is 8.14. The van der Waals surface area contributed by atoms with E-state index in [-0.39, 0.29) is 12.0 Å². The Bertz CT molecular complexity index is 528. The van der Waals surface area contributed by atoms with E-state index >= 15 is 0 Å². The lowest BCUT2D eigenvalue weighted by Crippen LogP contribution is -2.18. The van der Waals surface area contributed by atoms with Crippen molar-refractivity contribution in [2.24, 2.45) is 5.16 Å². The van der Waals surface area contributed by atoms with Crippen LogP contribution in [-0.2, 0) is 9.63 Å². The molecule has 0 spiro atoms. The van der Waals surface area contributed by atoms with Crippen LogP contribution in [0.1, 0.15) is 51.0 Å². The zero-order valence-electron chi connectivity index (χ0n) is 13.1. The van der Waals surface area contributed by atoms with Crippen LogP contribution in [0.4, 0.5) is 0 Å². The maximum Gasteiger partial charge on any atom is 0.303 e. The van der Waals surface area contributed by atoms with Gasteiger partial charge in [-0.1, -0.05) is 35.5 Å². The van der Waals surface area contributed by atoms with Crippen LogP contribution in [0.15, 0.2) is 35.5 Å². The summed E-state index contributed by atoms with van der Waals surface area (Å²) >= 11 is 1.73. The van der Waals surface area contributed by atoms with Crippen molar-refractivity contribution in [2.75, 3.05) is 5.75 Å². The fraction of sp³-hybridized carbons (Fsp3) is 0.529. The Morgan fingerprint density at radius 3 is 2.73 bits per heavy atom. The van der Waals surface area contributed by atoms with Crippen molar-refractivity contribution in [1.82, 2.24) is 0 Å². The van der Waals surface area contributed by atoms with Crippen LogP contribution in [0.3, 0.4) is 0 Å². The van der Waals surface area contributed by atoms with Crippen molar-refractivity contribution in [3.63, 3.8) is 0 Å². The quantitative estimate of drug-likeness (QED) is 0.814. The van der Waals surface area contributed by atoms with Gasteiger partial charge in [0.15, 0.2) is 0 Å². The molecule has 1 aliphatic rings. The van der Waals surface area contributed by atoms with Crippen LogP contribution in [0.5, 0.6) is 0 Å². The summed E-state index contributed by atoms with van der Waals surface area (Å²) in [6.45, 7) is 4.07. The number of aliphatic carboxylic acids is 1. The average Bonchev–Trinajstić information content (AvgIpc) is 2.82. The first kappa shape index (κ1) is 16.9. The first-order valence-electron chi connectivity index (χ1n) is 7.61. The first-order valence-corrected chi connectivity index (χ1v) is 8.59. The number of rotatable bonds is 7. The summed E-state index contributed by atoms with van der Waals surface area (Å²) < 4.78 is 0. The SMILES string of the molecule is CC1(C)CC(SCC(CCCC(=O)O)c2ccccc2)=NO1. The van der Waals surface area contributed by atoms with Crippen molar-refractivity contribution in [2.45, 2.75) is 51.0 Å². The zero-order valence-corrected chi connectivity index (χ0v) is 13.9. The molecule has 4 nitrogen and oxygen atoms in total. The van der Waals surface area contributed by atoms with E-state index in [1.807, 2.05) is 32.0 Å². The molecule has 22 heavy (non-hydrogen) atoms. The van der Waals surface area contributed by atoms with E-state index in [0.717, 1.165) is 23.6 Å². The van der Waals surface area contributed by atoms with Crippen LogP contribution in [0, 0.1) is 0 Å². The van der Waals surface area contributed by atoms with Crippen molar-refractivity contribution < 1.29 is 14.7 Å². The predicted octanol–water partition coefficient (Wildman–Crippen LogP) is 4.27. The third-order valence-electron chi connectivity index (χ3n) is 3.64. The normalized spacial score (nSPS) is 17.6. The second kappa shape index (κ2) is 7.68. The van der Waals surface area contributed by atoms with Gasteiger partial charge in [-0.05, 0) is 38.2 Å². The van der Waals surface area contributed by atoms with E-state index in [9.17, 15) is 4.79 Å². The fourth-order valence-corrected chi connectivity index (χ4v) is 3.74. The topological polar surface area (TPSA) is 58.9 Å². The van der Waals surface area contributed by atoms with Crippen LogP contribution < -0.4 is 0 Å². The van der Waals surface area contributed by atoms with E-state index < -0.39 is 5.97 Å². The second-order valence-electron chi connectivity index (χ2n) is 6.22. The fourth-order valence-electron chi connectivity index (χ4n) is 2.45. The number of nitrogens with zero attached hydrogens (tertiary/aromatic N) is 1. The third-order valence-corrected chi connectivity index (χ3v) is 4.76. The van der Waals surface area contributed by atoms with Crippen molar-refractivity contribution >= 4 is 22.8 Å². The van der Waals surface area contributed by atoms with Crippen LogP contribution in [-0.4, -0.2) is 27.5 Å². The molecule has 0 saturated heterocycles. The van der Waals surface area contributed by atoms with Gasteiger partial charge in [0.05, 0.1) is 0 Å². The van der Waals surface area contributed by atoms with Gasteiger partial charge in [0.25, 0.3) is 0 Å². The van der Waals surface area contributed by atoms with Gasteiger partial charge in [0, 0.05) is 18.6 Å². The Hall–Kier alpha value is -1.49. The molecule has 0 aliphatic carbocycles. The lowest BCUT2D eigenvalue weighted by atomic mass is 9.95. The molecule has 120 valence electrons. The van der Waals surface area contributed by atoms with Gasteiger partial charge in [-0.25, -0.2) is 0 Å². The lowest BCUT2D eigenvalue weighted by Gasteiger charge is -2.17. The van der Waals surface area contributed by atoms with Gasteiger partial charge in [-0.2, -0.15) is 0 Å². The number of carboxylic acids is 1. The van der Waals surface area contributed by atoms with Gasteiger partial charge >= 0.3 is 5.97 Å². The summed E-state index contributed by atoms with van der Waals surface area (Å²) in [5.41, 5.74) is 1.06. The lowest BCUT2D eigenvalue weighted by molar-refractivity contribution is -0.137. The summed E-state index contributed by atoms with van der Waals surface area (Å²) in [7, 11) is 0. The number of thioether (sulfide) groups is 1. The minimum Gasteiger partial charge on any atom is -0.481 e. The molecule has 1 aromatic rings. The van der Waals surface area contributed by atoms with E-state index in [1.54, 1.807) is 11.8 Å². The van der Waals surface area contributed by atoms with Crippen molar-refractivity contribution in [1.29, 1.82) is 0 Å². The van der Waals surface area contributed by atoms with E-state index in [2.05, 4.69) is 17.3 Å². The highest BCUT2D eigenvalue weighted by Crippen LogP contribution is 2.32. The molecule has 1 unspecified atom stereocenters. The molecular weight excluding hydrogens is 298 g/mol. The molecule has 1 heterocycles. The number of hydrogen-bond acceptors (Lipinski definition) is 4. The maximum absolute atomic E-state index is 10.7. The summed E-state index contributed by atoms with van der Waals surface area (Å²) in [6, 6.07) is 10.3. The van der Waals surface area contributed by atoms with Gasteiger partial charge in [-0.15, -0.1) is 11.8 Å². The van der Waals surface area contributed by atoms with E-state index in [1.165, 1.54) is 5.56 Å². The Morgan fingerprint density at radius 2 is 2.14 bits per heavy atom. The molecule has 0 fully saturated rings. The first-order chi connectivity index (χ1) is 10.5. The smallest absolute Gasteiger partial charge is 0.303 e. The summed E-state index contributed by atoms with van der Waals surface area (Å²) in [5, 5.41) is 14.0. The Labute approximate surface area is 135 Å². The molecule has 1 atom stereocenters. The maximum atomic E-state index is 10.7. The summed E-state index contributed by atoms with van der Waals surface area (Å²) in [5.74, 6) is 0.522. The van der Waals surface area contributed by atoms with Crippen molar-refractivity contribution in [3.8, 4) is 0 Å². The molecule has 1 N–H and O–H groups in total. The third kappa shape index (κ3) is 5.37. The molecule has 1 aliphatic heterocycles. The Morgan fingerprint density at radius 1 is 1.41 bits per heavy atom. The van der Waals surface area contributed by atoms with Gasteiger partial charge in [0.2, 0.25) is 0 Å². The zero-order chi connectivity index (χ0) is 16.0. The standard InChI is InChI=1S/C17H23NO3S/c1-17(2)11-15(18-21-17)22-12-14(9-6-10-16(19)20)13-7-4-3-5-8-13/h3-5,7-8,14H,6,9-12H2,1-2H3,(H,19,20). The number of carboxylic acid groups (broad SMARTS) is 1. The molecular formula is C17H23NO3S. The van der Waals surface area contributed by atoms with Gasteiger partial charge < -0.3 is 9.94 Å². The molecule has 5 heteroatoms. The molecule has 0 aromatic heterocycles. The second-order valence-corrected chi connectivity index (χ2v) is 7.31. The molecule has 0 saturated carbocycles. The minimum absolute atomic E-state index is 0.201. The van der Waals surface area contributed by atoms with Crippen molar-refractivity contribution in [3.05, 3.63) is 35.9 Å². The van der Waals surface area contributed by atoms with Gasteiger partial charge in [0.1, 0.15) is 10.6 Å². The number of benzene rings is 1. The monoisotopic (exact) mass is 321 g/mol. The Balaban J connectivity index is 1.91. The van der Waals surface area contributed by atoms with Gasteiger partial charge in [-0.3, -0.25) is 4.79 Å². The number of hydrogen-bond donors (Lipinski definition) is 1.